The van der Waals surface area contributed by atoms with Crippen molar-refractivity contribution < 1.29 is 14.7 Å². The SMILES string of the molecule is CC(Cc1c[nH]c2ccccc12)NC(=O)C=CC(=O)O. The van der Waals surface area contributed by atoms with Gasteiger partial charge in [-0.25, -0.2) is 4.79 Å². The molecule has 104 valence electrons. The number of nitrogens with one attached hydrogen (secondary N) is 2. The zero-order valence-corrected chi connectivity index (χ0v) is 11.1. The van der Waals surface area contributed by atoms with E-state index in [0.29, 0.717) is 6.42 Å². The molecule has 0 aliphatic heterocycles. The second-order valence-corrected chi connectivity index (χ2v) is 4.64. The molecular formula is C15H16N2O3. The molecule has 2 rings (SSSR count). The highest BCUT2D eigenvalue weighted by atomic mass is 16.4. The predicted molar refractivity (Wildman–Crippen MR) is 76.4 cm³/mol. The van der Waals surface area contributed by atoms with Gasteiger partial charge in [0.05, 0.1) is 0 Å². The topological polar surface area (TPSA) is 82.2 Å². The molecule has 1 aromatic heterocycles. The number of aliphatic carboxylic acids is 1. The number of fused-ring (bicyclic) bond motifs is 1. The van der Waals surface area contributed by atoms with Crippen molar-refractivity contribution in [3.63, 3.8) is 0 Å². The van der Waals surface area contributed by atoms with Crippen LogP contribution >= 0.6 is 0 Å². The monoisotopic (exact) mass is 272 g/mol. The predicted octanol–water partition coefficient (Wildman–Crippen LogP) is 1.86. The summed E-state index contributed by atoms with van der Waals surface area (Å²) in [4.78, 5) is 25.0. The van der Waals surface area contributed by atoms with Gasteiger partial charge in [0, 0.05) is 35.3 Å². The largest absolute Gasteiger partial charge is 0.478 e. The molecule has 0 bridgehead atoms. The van der Waals surface area contributed by atoms with E-state index in [4.69, 9.17) is 5.11 Å². The number of aromatic amines is 1. The van der Waals surface area contributed by atoms with Crippen LogP contribution in [0.1, 0.15) is 12.5 Å². The molecule has 3 N–H and O–H groups in total. The molecule has 0 saturated heterocycles. The Kier molecular flexibility index (Phi) is 4.20. The number of hydrogen-bond acceptors (Lipinski definition) is 2. The van der Waals surface area contributed by atoms with E-state index < -0.39 is 11.9 Å². The normalized spacial score (nSPS) is 12.7. The molecule has 0 aliphatic carbocycles. The highest BCUT2D eigenvalue weighted by Crippen LogP contribution is 2.18. The van der Waals surface area contributed by atoms with Gasteiger partial charge in [0.15, 0.2) is 0 Å². The maximum Gasteiger partial charge on any atom is 0.328 e. The van der Waals surface area contributed by atoms with Crippen molar-refractivity contribution in [3.05, 3.63) is 48.2 Å². The Balaban J connectivity index is 1.99. The van der Waals surface area contributed by atoms with Crippen molar-refractivity contribution in [2.24, 2.45) is 0 Å². The van der Waals surface area contributed by atoms with Gasteiger partial charge >= 0.3 is 5.97 Å². The second-order valence-electron chi connectivity index (χ2n) is 4.64. The number of hydrogen-bond donors (Lipinski definition) is 3. The molecule has 1 atom stereocenters. The molecule has 0 aliphatic rings. The van der Waals surface area contributed by atoms with E-state index in [-0.39, 0.29) is 6.04 Å². The lowest BCUT2D eigenvalue weighted by Gasteiger charge is -2.11. The Bertz CT molecular complexity index is 658. The fourth-order valence-electron chi connectivity index (χ4n) is 2.12. The Morgan fingerprint density at radius 2 is 2.10 bits per heavy atom. The molecule has 1 unspecified atom stereocenters. The van der Waals surface area contributed by atoms with Gasteiger partial charge < -0.3 is 15.4 Å². The van der Waals surface area contributed by atoms with Crippen molar-refractivity contribution in [2.75, 3.05) is 0 Å². The Morgan fingerprint density at radius 3 is 2.85 bits per heavy atom. The minimum absolute atomic E-state index is 0.0832. The van der Waals surface area contributed by atoms with E-state index in [1.807, 2.05) is 37.4 Å². The van der Waals surface area contributed by atoms with Gasteiger partial charge in [-0.1, -0.05) is 18.2 Å². The van der Waals surface area contributed by atoms with Gasteiger partial charge in [0.25, 0.3) is 0 Å². The fourth-order valence-corrected chi connectivity index (χ4v) is 2.12. The average molecular weight is 272 g/mol. The van der Waals surface area contributed by atoms with E-state index in [2.05, 4.69) is 10.3 Å². The van der Waals surface area contributed by atoms with Gasteiger partial charge in [0.2, 0.25) is 5.91 Å². The summed E-state index contributed by atoms with van der Waals surface area (Å²) >= 11 is 0. The summed E-state index contributed by atoms with van der Waals surface area (Å²) < 4.78 is 0. The van der Waals surface area contributed by atoms with Crippen LogP contribution in [0, 0.1) is 0 Å². The second kappa shape index (κ2) is 6.06. The van der Waals surface area contributed by atoms with Crippen LogP contribution in [0.3, 0.4) is 0 Å². The Hall–Kier alpha value is -2.56. The van der Waals surface area contributed by atoms with Gasteiger partial charge in [-0.3, -0.25) is 4.79 Å². The fraction of sp³-hybridized carbons (Fsp3) is 0.200. The summed E-state index contributed by atoms with van der Waals surface area (Å²) in [6.45, 7) is 1.88. The van der Waals surface area contributed by atoms with Crippen LogP contribution in [0.15, 0.2) is 42.6 Å². The molecule has 0 spiro atoms. The van der Waals surface area contributed by atoms with Crippen molar-refractivity contribution in [1.82, 2.24) is 10.3 Å². The van der Waals surface area contributed by atoms with Crippen molar-refractivity contribution in [2.45, 2.75) is 19.4 Å². The van der Waals surface area contributed by atoms with Gasteiger partial charge in [-0.2, -0.15) is 0 Å². The van der Waals surface area contributed by atoms with Crippen LogP contribution in [0.25, 0.3) is 10.9 Å². The molecular weight excluding hydrogens is 256 g/mol. The van der Waals surface area contributed by atoms with Crippen LogP contribution in [-0.4, -0.2) is 28.0 Å². The van der Waals surface area contributed by atoms with Gasteiger partial charge in [-0.15, -0.1) is 0 Å². The third-order valence-electron chi connectivity index (χ3n) is 2.97. The summed E-state index contributed by atoms with van der Waals surface area (Å²) in [5, 5.41) is 12.3. The summed E-state index contributed by atoms with van der Waals surface area (Å²) in [6.07, 6.45) is 4.46. The molecule has 5 heteroatoms. The number of carboxylic acids is 1. The van der Waals surface area contributed by atoms with Crippen LogP contribution in [-0.2, 0) is 16.0 Å². The Labute approximate surface area is 116 Å². The maximum absolute atomic E-state index is 11.5. The number of H-pyrrole nitrogens is 1. The summed E-state index contributed by atoms with van der Waals surface area (Å²) in [5.74, 6) is -1.54. The lowest BCUT2D eigenvalue weighted by Crippen LogP contribution is -2.32. The zero-order valence-electron chi connectivity index (χ0n) is 11.1. The van der Waals surface area contributed by atoms with Crippen LogP contribution in [0.2, 0.25) is 0 Å². The first-order valence-corrected chi connectivity index (χ1v) is 6.33. The third kappa shape index (κ3) is 3.47. The van der Waals surface area contributed by atoms with Crippen molar-refractivity contribution in [3.8, 4) is 0 Å². The third-order valence-corrected chi connectivity index (χ3v) is 2.97. The molecule has 1 heterocycles. The minimum atomic E-state index is -1.13. The van der Waals surface area contributed by atoms with E-state index in [0.717, 1.165) is 28.6 Å². The Morgan fingerprint density at radius 1 is 1.35 bits per heavy atom. The molecule has 1 aromatic carbocycles. The molecule has 2 aromatic rings. The lowest BCUT2D eigenvalue weighted by atomic mass is 10.1. The smallest absolute Gasteiger partial charge is 0.328 e. The highest BCUT2D eigenvalue weighted by Gasteiger charge is 2.09. The highest BCUT2D eigenvalue weighted by molar-refractivity contribution is 5.94. The standard InChI is InChI=1S/C15H16N2O3/c1-10(17-14(18)6-7-15(19)20)8-11-9-16-13-5-3-2-4-12(11)13/h2-7,9-10,16H,8H2,1H3,(H,17,18)(H,19,20). The van der Waals surface area contributed by atoms with E-state index in [9.17, 15) is 9.59 Å². The van der Waals surface area contributed by atoms with Gasteiger partial charge in [-0.05, 0) is 25.0 Å². The summed E-state index contributed by atoms with van der Waals surface area (Å²) in [5.41, 5.74) is 2.18. The van der Waals surface area contributed by atoms with Crippen LogP contribution < -0.4 is 5.32 Å². The van der Waals surface area contributed by atoms with E-state index in [1.165, 1.54) is 0 Å². The number of carbonyl (C=O) groups excluding carboxylic acids is 1. The van der Waals surface area contributed by atoms with E-state index in [1.54, 1.807) is 0 Å². The molecule has 0 fully saturated rings. The first-order chi connectivity index (χ1) is 9.56. The quantitative estimate of drug-likeness (QED) is 0.726. The van der Waals surface area contributed by atoms with E-state index >= 15 is 0 Å². The number of aromatic nitrogens is 1. The molecule has 0 radical (unpaired) electrons. The van der Waals surface area contributed by atoms with Crippen molar-refractivity contribution >= 4 is 22.8 Å². The van der Waals surface area contributed by atoms with Crippen LogP contribution in [0.5, 0.6) is 0 Å². The first kappa shape index (κ1) is 13.9. The molecule has 0 saturated carbocycles. The summed E-state index contributed by atoms with van der Waals surface area (Å²) in [7, 11) is 0. The first-order valence-electron chi connectivity index (χ1n) is 6.33. The number of rotatable bonds is 5. The molecule has 1 amide bonds. The lowest BCUT2D eigenvalue weighted by molar-refractivity contribution is -0.131. The van der Waals surface area contributed by atoms with Gasteiger partial charge in [0.1, 0.15) is 0 Å². The number of amides is 1. The number of carboxylic acid groups (broad SMARTS) is 1. The maximum atomic E-state index is 11.5. The van der Waals surface area contributed by atoms with Crippen LogP contribution in [0.4, 0.5) is 0 Å². The average Bonchev–Trinajstić information content (AvgIpc) is 2.80. The molecule has 5 nitrogen and oxygen atoms in total. The number of para-hydroxylation sites is 1. The van der Waals surface area contributed by atoms with Crippen molar-refractivity contribution in [1.29, 1.82) is 0 Å². The minimum Gasteiger partial charge on any atom is -0.478 e. The molecule has 20 heavy (non-hydrogen) atoms. The number of benzene rings is 1. The number of carbonyl (C=O) groups is 2. The zero-order chi connectivity index (χ0) is 14.5. The summed E-state index contributed by atoms with van der Waals surface area (Å²) in [6, 6.07) is 7.88.